The maximum Gasteiger partial charge on any atom is 0.310 e. The van der Waals surface area contributed by atoms with Gasteiger partial charge in [0.2, 0.25) is 0 Å². The van der Waals surface area contributed by atoms with Crippen molar-refractivity contribution in [3.8, 4) is 0 Å². The molecule has 1 atom stereocenters. The van der Waals surface area contributed by atoms with Crippen LogP contribution in [0.15, 0.2) is 0 Å². The highest BCUT2D eigenvalue weighted by Crippen LogP contribution is 2.37. The molecule has 2 fully saturated rings. The van der Waals surface area contributed by atoms with E-state index in [2.05, 4.69) is 23.9 Å². The quantitative estimate of drug-likeness (QED) is 0.847. The predicted molar refractivity (Wildman–Crippen MR) is 76.3 cm³/mol. The maximum atomic E-state index is 11.7. The number of carboxylic acids is 1. The van der Waals surface area contributed by atoms with Crippen LogP contribution in [0.1, 0.15) is 44.9 Å². The van der Waals surface area contributed by atoms with Crippen molar-refractivity contribution in [2.45, 2.75) is 51.0 Å². The number of aliphatic carboxylic acids is 1. The van der Waals surface area contributed by atoms with Gasteiger partial charge in [-0.2, -0.15) is 0 Å². The Hall–Kier alpha value is -0.610. The van der Waals surface area contributed by atoms with E-state index in [0.29, 0.717) is 6.04 Å². The summed E-state index contributed by atoms with van der Waals surface area (Å²) in [5.41, 5.74) is -0.483. The average molecular weight is 268 g/mol. The number of carboxylic acid groups (broad SMARTS) is 1. The zero-order valence-corrected chi connectivity index (χ0v) is 12.4. The maximum absolute atomic E-state index is 11.7. The fourth-order valence-corrected chi connectivity index (χ4v) is 3.77. The van der Waals surface area contributed by atoms with E-state index in [0.717, 1.165) is 38.8 Å². The molecule has 2 aliphatic rings. The average Bonchev–Trinajstić information content (AvgIpc) is 2.39. The molecule has 0 aromatic carbocycles. The number of hydrogen-bond acceptors (Lipinski definition) is 3. The van der Waals surface area contributed by atoms with Crippen molar-refractivity contribution in [2.24, 2.45) is 5.41 Å². The highest BCUT2D eigenvalue weighted by Gasteiger charge is 2.41. The molecule has 1 saturated heterocycles. The third kappa shape index (κ3) is 3.48. The number of hydrogen-bond donors (Lipinski definition) is 1. The van der Waals surface area contributed by atoms with Crippen LogP contribution in [0.2, 0.25) is 0 Å². The van der Waals surface area contributed by atoms with Crippen LogP contribution in [0.3, 0.4) is 0 Å². The Bertz CT molecular complexity index is 313. The highest BCUT2D eigenvalue weighted by molar-refractivity contribution is 5.75. The van der Waals surface area contributed by atoms with E-state index in [-0.39, 0.29) is 0 Å². The van der Waals surface area contributed by atoms with Crippen molar-refractivity contribution in [1.29, 1.82) is 0 Å². The summed E-state index contributed by atoms with van der Waals surface area (Å²) in [6.45, 7) is 2.97. The van der Waals surface area contributed by atoms with E-state index < -0.39 is 11.4 Å². The number of likely N-dealkylation sites (N-methyl/N-ethyl adjacent to an activating group) is 2. The van der Waals surface area contributed by atoms with Crippen LogP contribution in [0, 0.1) is 5.41 Å². The Kier molecular flexibility index (Phi) is 4.85. The van der Waals surface area contributed by atoms with Crippen LogP contribution in [0.4, 0.5) is 0 Å². The fourth-order valence-electron chi connectivity index (χ4n) is 3.77. The second kappa shape index (κ2) is 6.23. The van der Waals surface area contributed by atoms with Crippen LogP contribution >= 0.6 is 0 Å². The van der Waals surface area contributed by atoms with Crippen molar-refractivity contribution in [1.82, 2.24) is 9.80 Å². The van der Waals surface area contributed by atoms with E-state index in [1.165, 1.54) is 25.8 Å². The molecule has 1 saturated carbocycles. The molecule has 1 N–H and O–H groups in total. The SMILES string of the molecule is CN1CCCC(N(C)CC2(C(=O)O)CCCCC2)C1. The molecule has 1 heterocycles. The molecule has 0 aromatic heterocycles. The lowest BCUT2D eigenvalue weighted by Gasteiger charge is -2.42. The van der Waals surface area contributed by atoms with Crippen LogP contribution in [-0.2, 0) is 4.79 Å². The molecule has 1 aliphatic heterocycles. The molecule has 0 radical (unpaired) electrons. The fraction of sp³-hybridized carbons (Fsp3) is 0.933. The molecule has 0 aromatic rings. The van der Waals surface area contributed by atoms with Gasteiger partial charge in [-0.1, -0.05) is 19.3 Å². The first-order chi connectivity index (χ1) is 9.03. The summed E-state index contributed by atoms with van der Waals surface area (Å²) in [6.07, 6.45) is 7.49. The Labute approximate surface area is 116 Å². The van der Waals surface area contributed by atoms with E-state index in [1.54, 1.807) is 0 Å². The molecular weight excluding hydrogens is 240 g/mol. The monoisotopic (exact) mass is 268 g/mol. The van der Waals surface area contributed by atoms with Crippen LogP contribution < -0.4 is 0 Å². The van der Waals surface area contributed by atoms with Gasteiger partial charge in [-0.25, -0.2) is 0 Å². The van der Waals surface area contributed by atoms with E-state index in [4.69, 9.17) is 0 Å². The van der Waals surface area contributed by atoms with E-state index in [1.807, 2.05) is 0 Å². The molecule has 0 spiro atoms. The second-order valence-electron chi connectivity index (χ2n) is 6.62. The Morgan fingerprint density at radius 2 is 2.00 bits per heavy atom. The van der Waals surface area contributed by atoms with Gasteiger partial charge in [-0.05, 0) is 46.3 Å². The minimum Gasteiger partial charge on any atom is -0.481 e. The lowest BCUT2D eigenvalue weighted by atomic mass is 9.73. The lowest BCUT2D eigenvalue weighted by Crippen LogP contribution is -2.51. The zero-order valence-electron chi connectivity index (χ0n) is 12.4. The van der Waals surface area contributed by atoms with Gasteiger partial charge in [0.1, 0.15) is 0 Å². The van der Waals surface area contributed by atoms with Crippen molar-refractivity contribution >= 4 is 5.97 Å². The summed E-state index contributed by atoms with van der Waals surface area (Å²) >= 11 is 0. The van der Waals surface area contributed by atoms with Gasteiger partial charge in [0.25, 0.3) is 0 Å². The van der Waals surface area contributed by atoms with Crippen LogP contribution in [0.5, 0.6) is 0 Å². The standard InChI is InChI=1S/C15H28N2O2/c1-16-10-6-7-13(11-16)17(2)12-15(14(18)19)8-4-3-5-9-15/h13H,3-12H2,1-2H3,(H,18,19). The van der Waals surface area contributed by atoms with E-state index >= 15 is 0 Å². The summed E-state index contributed by atoms with van der Waals surface area (Å²) in [5, 5.41) is 9.65. The first kappa shape index (κ1) is 14.8. The number of nitrogens with zero attached hydrogens (tertiary/aromatic N) is 2. The molecule has 1 unspecified atom stereocenters. The molecule has 19 heavy (non-hydrogen) atoms. The van der Waals surface area contributed by atoms with Gasteiger partial charge >= 0.3 is 5.97 Å². The molecule has 1 aliphatic carbocycles. The number of rotatable bonds is 4. The number of carbonyl (C=O) groups is 1. The smallest absolute Gasteiger partial charge is 0.310 e. The Balaban J connectivity index is 1.98. The number of piperidine rings is 1. The van der Waals surface area contributed by atoms with Gasteiger partial charge in [-0.15, -0.1) is 0 Å². The van der Waals surface area contributed by atoms with Crippen molar-refractivity contribution in [2.75, 3.05) is 33.7 Å². The number of likely N-dealkylation sites (tertiary alicyclic amines) is 1. The molecule has 4 heteroatoms. The first-order valence-corrected chi connectivity index (χ1v) is 7.66. The third-order valence-electron chi connectivity index (χ3n) is 5.04. The zero-order chi connectivity index (χ0) is 13.9. The van der Waals surface area contributed by atoms with Gasteiger partial charge in [0.15, 0.2) is 0 Å². The summed E-state index contributed by atoms with van der Waals surface area (Å²) < 4.78 is 0. The van der Waals surface area contributed by atoms with Crippen molar-refractivity contribution in [3.05, 3.63) is 0 Å². The Morgan fingerprint density at radius 1 is 1.32 bits per heavy atom. The predicted octanol–water partition coefficient (Wildman–Crippen LogP) is 2.05. The van der Waals surface area contributed by atoms with Crippen LogP contribution in [0.25, 0.3) is 0 Å². The van der Waals surface area contributed by atoms with Crippen molar-refractivity contribution < 1.29 is 9.90 Å². The molecular formula is C15H28N2O2. The van der Waals surface area contributed by atoms with Gasteiger partial charge in [-0.3, -0.25) is 4.79 Å². The molecule has 0 bridgehead atoms. The molecule has 4 nitrogen and oxygen atoms in total. The summed E-state index contributed by atoms with van der Waals surface area (Å²) in [7, 11) is 4.27. The topological polar surface area (TPSA) is 43.8 Å². The largest absolute Gasteiger partial charge is 0.481 e. The highest BCUT2D eigenvalue weighted by atomic mass is 16.4. The summed E-state index contributed by atoms with van der Waals surface area (Å²) in [6, 6.07) is 0.525. The normalized spacial score (nSPS) is 28.5. The van der Waals surface area contributed by atoms with Gasteiger partial charge in [0, 0.05) is 19.1 Å². The molecule has 2 rings (SSSR count). The second-order valence-corrected chi connectivity index (χ2v) is 6.62. The van der Waals surface area contributed by atoms with Gasteiger partial charge in [0.05, 0.1) is 5.41 Å². The van der Waals surface area contributed by atoms with E-state index in [9.17, 15) is 9.90 Å². The Morgan fingerprint density at radius 3 is 2.58 bits per heavy atom. The minimum atomic E-state index is -0.580. The minimum absolute atomic E-state index is 0.483. The van der Waals surface area contributed by atoms with Crippen molar-refractivity contribution in [3.63, 3.8) is 0 Å². The first-order valence-electron chi connectivity index (χ1n) is 7.66. The summed E-state index contributed by atoms with van der Waals surface area (Å²) in [5.74, 6) is -0.580. The molecule has 0 amide bonds. The lowest BCUT2D eigenvalue weighted by molar-refractivity contribution is -0.152. The summed E-state index contributed by atoms with van der Waals surface area (Å²) in [4.78, 5) is 16.4. The van der Waals surface area contributed by atoms with Crippen LogP contribution in [-0.4, -0.2) is 60.6 Å². The molecule has 110 valence electrons. The van der Waals surface area contributed by atoms with Gasteiger partial charge < -0.3 is 14.9 Å². The third-order valence-corrected chi connectivity index (χ3v) is 5.04.